The van der Waals surface area contributed by atoms with Crippen molar-refractivity contribution in [1.82, 2.24) is 9.62 Å². The number of hydrogen-bond acceptors (Lipinski definition) is 4. The number of nitrogens with one attached hydrogen (secondary N) is 1. The van der Waals surface area contributed by atoms with E-state index in [0.717, 1.165) is 13.0 Å². The monoisotopic (exact) mass is 338 g/mol. The highest BCUT2D eigenvalue weighted by molar-refractivity contribution is 7.89. The van der Waals surface area contributed by atoms with Crippen LogP contribution in [0.15, 0.2) is 17.0 Å². The van der Waals surface area contributed by atoms with Gasteiger partial charge in [0.05, 0.1) is 12.0 Å². The summed E-state index contributed by atoms with van der Waals surface area (Å²) in [6.45, 7) is 3.71. The molecule has 2 rings (SSSR count). The van der Waals surface area contributed by atoms with Gasteiger partial charge in [0.2, 0.25) is 10.0 Å². The molecule has 1 heterocycles. The first-order valence-corrected chi connectivity index (χ1v) is 7.96. The molecule has 0 atom stereocenters. The molecule has 0 aromatic heterocycles. The Morgan fingerprint density at radius 2 is 2.00 bits per heavy atom. The lowest BCUT2D eigenvalue weighted by molar-refractivity contribution is 0.383. The van der Waals surface area contributed by atoms with Gasteiger partial charge in [-0.3, -0.25) is 0 Å². The van der Waals surface area contributed by atoms with Gasteiger partial charge in [-0.1, -0.05) is 0 Å². The van der Waals surface area contributed by atoms with Crippen LogP contribution >= 0.6 is 12.4 Å². The average Bonchev–Trinajstić information content (AvgIpc) is 2.71. The Labute approximate surface area is 130 Å². The molecule has 21 heavy (non-hydrogen) atoms. The van der Waals surface area contributed by atoms with Crippen LogP contribution in [0.5, 0.6) is 5.75 Å². The molecule has 1 N–H and O–H groups in total. The van der Waals surface area contributed by atoms with E-state index in [4.69, 9.17) is 4.74 Å². The summed E-state index contributed by atoms with van der Waals surface area (Å²) in [5, 5.41) is 3.14. The van der Waals surface area contributed by atoms with Gasteiger partial charge in [-0.05, 0) is 32.0 Å². The summed E-state index contributed by atoms with van der Waals surface area (Å²) in [7, 11) is -2.31. The lowest BCUT2D eigenvalue weighted by Gasteiger charge is -2.21. The lowest BCUT2D eigenvalue weighted by Crippen LogP contribution is -2.34. The highest BCUT2D eigenvalue weighted by Gasteiger charge is 2.28. The van der Waals surface area contributed by atoms with Crippen molar-refractivity contribution >= 4 is 22.4 Å². The van der Waals surface area contributed by atoms with Gasteiger partial charge in [0, 0.05) is 25.2 Å². The second-order valence-electron chi connectivity index (χ2n) is 4.71. The van der Waals surface area contributed by atoms with Crippen molar-refractivity contribution in [2.24, 2.45) is 0 Å². The van der Waals surface area contributed by atoms with Crippen molar-refractivity contribution in [3.8, 4) is 5.75 Å². The van der Waals surface area contributed by atoms with E-state index in [-0.39, 0.29) is 28.6 Å². The Morgan fingerprint density at radius 1 is 1.29 bits per heavy atom. The summed E-state index contributed by atoms with van der Waals surface area (Å²) in [6.07, 6.45) is 0.747. The number of ether oxygens (including phenoxy) is 1. The van der Waals surface area contributed by atoms with Crippen molar-refractivity contribution in [3.05, 3.63) is 23.5 Å². The zero-order valence-corrected chi connectivity index (χ0v) is 13.7. The van der Waals surface area contributed by atoms with Crippen molar-refractivity contribution < 1.29 is 17.5 Å². The molecule has 1 aromatic rings. The number of halogens is 2. The SMILES string of the molecule is COc1ccc(S(=O)(=O)N2CCCNCC2)c(C)c1F.Cl. The van der Waals surface area contributed by atoms with Gasteiger partial charge in [0.15, 0.2) is 11.6 Å². The fourth-order valence-corrected chi connectivity index (χ4v) is 3.98. The zero-order valence-electron chi connectivity index (χ0n) is 12.1. The third-order valence-corrected chi connectivity index (χ3v) is 5.48. The van der Waals surface area contributed by atoms with E-state index in [0.29, 0.717) is 19.6 Å². The molecule has 0 spiro atoms. The maximum atomic E-state index is 14.0. The summed E-state index contributed by atoms with van der Waals surface area (Å²) in [5.41, 5.74) is 0.0987. The molecule has 1 aliphatic heterocycles. The summed E-state index contributed by atoms with van der Waals surface area (Å²) in [6, 6.07) is 2.76. The molecule has 0 saturated carbocycles. The van der Waals surface area contributed by atoms with Crippen LogP contribution in [0.4, 0.5) is 4.39 Å². The van der Waals surface area contributed by atoms with Crippen LogP contribution in [0.3, 0.4) is 0 Å². The fraction of sp³-hybridized carbons (Fsp3) is 0.538. The van der Waals surface area contributed by atoms with Crippen LogP contribution in [0.25, 0.3) is 0 Å². The topological polar surface area (TPSA) is 58.6 Å². The molecule has 8 heteroatoms. The first kappa shape index (κ1) is 18.2. The number of methoxy groups -OCH3 is 1. The number of rotatable bonds is 3. The van der Waals surface area contributed by atoms with Gasteiger partial charge in [0.25, 0.3) is 0 Å². The Hall–Kier alpha value is -0.890. The molecule has 5 nitrogen and oxygen atoms in total. The maximum absolute atomic E-state index is 14.0. The van der Waals surface area contributed by atoms with Crippen LogP contribution in [0.1, 0.15) is 12.0 Å². The second kappa shape index (κ2) is 7.40. The van der Waals surface area contributed by atoms with Crippen molar-refractivity contribution in [3.63, 3.8) is 0 Å². The van der Waals surface area contributed by atoms with Crippen molar-refractivity contribution in [2.45, 2.75) is 18.2 Å². The highest BCUT2D eigenvalue weighted by atomic mass is 35.5. The molecule has 1 aliphatic rings. The number of nitrogens with zero attached hydrogens (tertiary/aromatic N) is 1. The summed E-state index contributed by atoms with van der Waals surface area (Å²) in [5.74, 6) is -0.569. The largest absolute Gasteiger partial charge is 0.494 e. The van der Waals surface area contributed by atoms with Crippen LogP contribution in [0.2, 0.25) is 0 Å². The van der Waals surface area contributed by atoms with Gasteiger partial charge in [-0.25, -0.2) is 12.8 Å². The summed E-state index contributed by atoms with van der Waals surface area (Å²) >= 11 is 0. The third kappa shape index (κ3) is 3.66. The molecule has 1 aromatic carbocycles. The minimum absolute atomic E-state index is 0. The first-order valence-electron chi connectivity index (χ1n) is 6.52. The lowest BCUT2D eigenvalue weighted by atomic mass is 10.2. The molecular formula is C13H20ClFN2O3S. The molecule has 0 radical (unpaired) electrons. The Balaban J connectivity index is 0.00000220. The van der Waals surface area contributed by atoms with Gasteiger partial charge in [-0.2, -0.15) is 4.31 Å². The zero-order chi connectivity index (χ0) is 14.8. The van der Waals surface area contributed by atoms with Gasteiger partial charge >= 0.3 is 0 Å². The van der Waals surface area contributed by atoms with Crippen molar-refractivity contribution in [2.75, 3.05) is 33.3 Å². The van der Waals surface area contributed by atoms with E-state index < -0.39 is 15.8 Å². The number of benzene rings is 1. The van der Waals surface area contributed by atoms with Crippen LogP contribution in [-0.4, -0.2) is 46.0 Å². The van der Waals surface area contributed by atoms with Gasteiger partial charge in [-0.15, -0.1) is 12.4 Å². The Morgan fingerprint density at radius 3 is 2.67 bits per heavy atom. The molecular weight excluding hydrogens is 319 g/mol. The van der Waals surface area contributed by atoms with Gasteiger partial charge < -0.3 is 10.1 Å². The predicted molar refractivity (Wildman–Crippen MR) is 81.2 cm³/mol. The minimum Gasteiger partial charge on any atom is -0.494 e. The quantitative estimate of drug-likeness (QED) is 0.908. The maximum Gasteiger partial charge on any atom is 0.243 e. The van der Waals surface area contributed by atoms with E-state index in [9.17, 15) is 12.8 Å². The normalized spacial score (nSPS) is 16.9. The number of sulfonamides is 1. The number of hydrogen-bond donors (Lipinski definition) is 1. The second-order valence-corrected chi connectivity index (χ2v) is 6.62. The van der Waals surface area contributed by atoms with E-state index in [1.165, 1.54) is 30.5 Å². The van der Waals surface area contributed by atoms with Crippen LogP contribution in [-0.2, 0) is 10.0 Å². The third-order valence-electron chi connectivity index (χ3n) is 3.44. The van der Waals surface area contributed by atoms with E-state index in [1.54, 1.807) is 0 Å². The molecule has 1 saturated heterocycles. The van der Waals surface area contributed by atoms with Gasteiger partial charge in [0.1, 0.15) is 0 Å². The van der Waals surface area contributed by atoms with Crippen molar-refractivity contribution in [1.29, 1.82) is 0 Å². The molecule has 120 valence electrons. The Bertz CT molecular complexity index is 587. The molecule has 0 bridgehead atoms. The van der Waals surface area contributed by atoms with Crippen LogP contribution < -0.4 is 10.1 Å². The van der Waals surface area contributed by atoms with Crippen LogP contribution in [0, 0.1) is 12.7 Å². The van der Waals surface area contributed by atoms with E-state index in [2.05, 4.69) is 5.32 Å². The molecule has 0 unspecified atom stereocenters. The average molecular weight is 339 g/mol. The fourth-order valence-electron chi connectivity index (χ4n) is 2.28. The predicted octanol–water partition coefficient (Wildman–Crippen LogP) is 1.55. The van der Waals surface area contributed by atoms with E-state index in [1.807, 2.05) is 0 Å². The summed E-state index contributed by atoms with van der Waals surface area (Å²) < 4.78 is 45.5. The smallest absolute Gasteiger partial charge is 0.243 e. The molecule has 0 amide bonds. The highest BCUT2D eigenvalue weighted by Crippen LogP contribution is 2.28. The summed E-state index contributed by atoms with van der Waals surface area (Å²) in [4.78, 5) is 0.0118. The first-order chi connectivity index (χ1) is 9.48. The molecule has 0 aliphatic carbocycles. The minimum atomic E-state index is -3.67. The Kier molecular flexibility index (Phi) is 6.40. The molecule has 1 fully saturated rings. The van der Waals surface area contributed by atoms with E-state index >= 15 is 0 Å². The standard InChI is InChI=1S/C13H19FN2O3S.ClH/c1-10-12(5-4-11(19-2)13(10)14)20(17,18)16-8-3-6-15-7-9-16;/h4-5,15H,3,6-9H2,1-2H3;1H.